The van der Waals surface area contributed by atoms with E-state index in [1.54, 1.807) is 24.4 Å². The molecule has 0 fully saturated rings. The molecule has 31 heavy (non-hydrogen) atoms. The van der Waals surface area contributed by atoms with Crippen LogP contribution in [-0.4, -0.2) is 19.5 Å². The first-order valence-corrected chi connectivity index (χ1v) is 10.3. The van der Waals surface area contributed by atoms with Crippen molar-refractivity contribution in [3.05, 3.63) is 98.9 Å². The van der Waals surface area contributed by atoms with E-state index in [0.717, 1.165) is 20.9 Å². The van der Waals surface area contributed by atoms with Gasteiger partial charge in [0.2, 0.25) is 0 Å². The Kier molecular flexibility index (Phi) is 5.64. The molecule has 0 atom stereocenters. The van der Waals surface area contributed by atoms with Crippen LogP contribution in [0.2, 0.25) is 5.02 Å². The number of aromatic nitrogens is 4. The summed E-state index contributed by atoms with van der Waals surface area (Å²) in [5.41, 5.74) is 0.889. The molecule has 154 valence electrons. The highest BCUT2D eigenvalue weighted by molar-refractivity contribution is 6.33. The van der Waals surface area contributed by atoms with Crippen molar-refractivity contribution < 1.29 is 0 Å². The maximum Gasteiger partial charge on any atom is 0.334 e. The molecule has 0 unspecified atom stereocenters. The molecule has 0 aliphatic heterocycles. The number of benzene rings is 2. The van der Waals surface area contributed by atoms with Crippen LogP contribution in [0.1, 0.15) is 13.8 Å². The van der Waals surface area contributed by atoms with Gasteiger partial charge in [0.05, 0.1) is 23.0 Å². The molecule has 3 heterocycles. The summed E-state index contributed by atoms with van der Waals surface area (Å²) in [6.45, 7) is 4.00. The molecule has 2 aromatic carbocycles. The normalized spacial score (nSPS) is 10.7. The van der Waals surface area contributed by atoms with Gasteiger partial charge in [0.15, 0.2) is 0 Å². The van der Waals surface area contributed by atoms with Gasteiger partial charge in [-0.1, -0.05) is 67.9 Å². The SMILES string of the molecule is CC.O=c1[nH]c2nc(-c3ccccc3Cl)ccc2c(=O)n1-c1cncc2ccccc12. The molecule has 5 aromatic rings. The predicted molar refractivity (Wildman–Crippen MR) is 125 cm³/mol. The first-order valence-electron chi connectivity index (χ1n) is 9.87. The molecular formula is C24H19ClN4O2. The summed E-state index contributed by atoms with van der Waals surface area (Å²) in [5.74, 6) is 0. The Morgan fingerprint density at radius 2 is 1.61 bits per heavy atom. The molecule has 0 bridgehead atoms. The number of hydrogen-bond acceptors (Lipinski definition) is 4. The number of nitrogens with zero attached hydrogens (tertiary/aromatic N) is 3. The molecule has 0 aliphatic rings. The molecule has 1 N–H and O–H groups in total. The van der Waals surface area contributed by atoms with Crippen LogP contribution in [0, 0.1) is 0 Å². The van der Waals surface area contributed by atoms with Crippen LogP contribution in [0.4, 0.5) is 0 Å². The number of halogens is 1. The van der Waals surface area contributed by atoms with Gasteiger partial charge < -0.3 is 0 Å². The van der Waals surface area contributed by atoms with Gasteiger partial charge in [-0.05, 0) is 18.2 Å². The van der Waals surface area contributed by atoms with Gasteiger partial charge in [0.25, 0.3) is 5.56 Å². The van der Waals surface area contributed by atoms with Crippen LogP contribution in [0.25, 0.3) is 38.8 Å². The first-order chi connectivity index (χ1) is 15.1. The molecule has 0 amide bonds. The molecule has 0 saturated heterocycles. The number of hydrogen-bond donors (Lipinski definition) is 1. The fraction of sp³-hybridized carbons (Fsp3) is 0.0833. The summed E-state index contributed by atoms with van der Waals surface area (Å²) in [6, 6.07) is 18.1. The van der Waals surface area contributed by atoms with Crippen molar-refractivity contribution in [1.29, 1.82) is 0 Å². The Morgan fingerprint density at radius 1 is 0.871 bits per heavy atom. The number of pyridine rings is 2. The van der Waals surface area contributed by atoms with E-state index >= 15 is 0 Å². The summed E-state index contributed by atoms with van der Waals surface area (Å²) < 4.78 is 1.09. The lowest BCUT2D eigenvalue weighted by Gasteiger charge is -2.10. The zero-order valence-electron chi connectivity index (χ0n) is 17.0. The van der Waals surface area contributed by atoms with E-state index in [4.69, 9.17) is 11.6 Å². The molecule has 3 aromatic heterocycles. The summed E-state index contributed by atoms with van der Waals surface area (Å²) in [4.78, 5) is 37.3. The average molecular weight is 431 g/mol. The second-order valence-corrected chi connectivity index (χ2v) is 6.93. The second-order valence-electron chi connectivity index (χ2n) is 6.52. The summed E-state index contributed by atoms with van der Waals surface area (Å²) in [6.07, 6.45) is 3.20. The molecule has 7 heteroatoms. The average Bonchev–Trinajstić information content (AvgIpc) is 2.80. The van der Waals surface area contributed by atoms with E-state index in [9.17, 15) is 9.59 Å². The smallest absolute Gasteiger partial charge is 0.291 e. The minimum Gasteiger partial charge on any atom is -0.291 e. The van der Waals surface area contributed by atoms with Crippen LogP contribution in [0.3, 0.4) is 0 Å². The van der Waals surface area contributed by atoms with Crippen LogP contribution in [-0.2, 0) is 0 Å². The number of nitrogens with one attached hydrogen (secondary N) is 1. The topological polar surface area (TPSA) is 80.6 Å². The molecular weight excluding hydrogens is 412 g/mol. The van der Waals surface area contributed by atoms with E-state index in [1.807, 2.05) is 56.3 Å². The lowest BCUT2D eigenvalue weighted by molar-refractivity contribution is 0.897. The highest BCUT2D eigenvalue weighted by Gasteiger charge is 2.14. The van der Waals surface area contributed by atoms with Crippen molar-refractivity contribution in [2.24, 2.45) is 0 Å². The maximum absolute atomic E-state index is 13.2. The highest BCUT2D eigenvalue weighted by atomic mass is 35.5. The van der Waals surface area contributed by atoms with Gasteiger partial charge in [-0.2, -0.15) is 0 Å². The molecule has 6 nitrogen and oxygen atoms in total. The molecule has 0 saturated carbocycles. The number of rotatable bonds is 2. The summed E-state index contributed by atoms with van der Waals surface area (Å²) >= 11 is 6.25. The Morgan fingerprint density at radius 3 is 2.42 bits per heavy atom. The number of H-pyrrole nitrogens is 1. The van der Waals surface area contributed by atoms with Crippen molar-refractivity contribution in [3.8, 4) is 16.9 Å². The number of fused-ring (bicyclic) bond motifs is 2. The predicted octanol–water partition coefficient (Wildman–Crippen LogP) is 4.97. The van der Waals surface area contributed by atoms with Crippen molar-refractivity contribution in [2.45, 2.75) is 13.8 Å². The standard InChI is InChI=1S/C22H13ClN4O2.C2H6/c23-17-8-4-3-7-15(17)18-10-9-16-20(25-18)26-22(29)27(21(16)28)19-12-24-11-13-5-1-2-6-14(13)19;1-2/h1-12H,(H,25,26,29);1-2H3. The zero-order valence-corrected chi connectivity index (χ0v) is 17.7. The van der Waals surface area contributed by atoms with Crippen molar-refractivity contribution in [3.63, 3.8) is 0 Å². The van der Waals surface area contributed by atoms with E-state index in [0.29, 0.717) is 21.8 Å². The second kappa shape index (κ2) is 8.53. The van der Waals surface area contributed by atoms with Gasteiger partial charge in [-0.25, -0.2) is 14.3 Å². The third-order valence-corrected chi connectivity index (χ3v) is 5.12. The summed E-state index contributed by atoms with van der Waals surface area (Å²) in [7, 11) is 0. The number of aromatic amines is 1. The quantitative estimate of drug-likeness (QED) is 0.428. The van der Waals surface area contributed by atoms with E-state index in [-0.39, 0.29) is 5.65 Å². The van der Waals surface area contributed by atoms with Crippen LogP contribution >= 0.6 is 11.6 Å². The molecule has 0 aliphatic carbocycles. The minimum absolute atomic E-state index is 0.210. The minimum atomic E-state index is -0.579. The van der Waals surface area contributed by atoms with Gasteiger partial charge in [0.1, 0.15) is 5.65 Å². The van der Waals surface area contributed by atoms with Gasteiger partial charge in [-0.3, -0.25) is 14.8 Å². The first kappa shape index (κ1) is 20.5. The van der Waals surface area contributed by atoms with Crippen molar-refractivity contribution in [1.82, 2.24) is 19.5 Å². The van der Waals surface area contributed by atoms with Crippen molar-refractivity contribution >= 4 is 33.4 Å². The molecule has 5 rings (SSSR count). The monoisotopic (exact) mass is 430 g/mol. The van der Waals surface area contributed by atoms with E-state index in [2.05, 4.69) is 15.0 Å². The third-order valence-electron chi connectivity index (χ3n) is 4.80. The van der Waals surface area contributed by atoms with E-state index < -0.39 is 11.2 Å². The third kappa shape index (κ3) is 3.62. The lowest BCUT2D eigenvalue weighted by Crippen LogP contribution is -2.34. The lowest BCUT2D eigenvalue weighted by atomic mass is 10.1. The Bertz CT molecular complexity index is 1520. The van der Waals surface area contributed by atoms with Crippen LogP contribution < -0.4 is 11.2 Å². The van der Waals surface area contributed by atoms with Gasteiger partial charge >= 0.3 is 5.69 Å². The van der Waals surface area contributed by atoms with Crippen LogP contribution in [0.5, 0.6) is 0 Å². The molecule has 0 radical (unpaired) electrons. The van der Waals surface area contributed by atoms with Crippen LogP contribution in [0.15, 0.2) is 82.6 Å². The Balaban J connectivity index is 0.00000112. The van der Waals surface area contributed by atoms with Gasteiger partial charge in [-0.15, -0.1) is 0 Å². The summed E-state index contributed by atoms with van der Waals surface area (Å²) in [5, 5.41) is 2.43. The zero-order chi connectivity index (χ0) is 22.0. The largest absolute Gasteiger partial charge is 0.334 e. The Labute approximate surface area is 182 Å². The Hall–Kier alpha value is -3.77. The van der Waals surface area contributed by atoms with Gasteiger partial charge in [0, 0.05) is 27.6 Å². The fourth-order valence-corrected chi connectivity index (χ4v) is 3.65. The fourth-order valence-electron chi connectivity index (χ4n) is 3.41. The highest BCUT2D eigenvalue weighted by Crippen LogP contribution is 2.26. The maximum atomic E-state index is 13.2. The van der Waals surface area contributed by atoms with E-state index in [1.165, 1.54) is 6.20 Å². The van der Waals surface area contributed by atoms with Crippen molar-refractivity contribution in [2.75, 3.05) is 0 Å². The molecule has 0 spiro atoms.